The smallest absolute Gasteiger partial charge is 0.193 e. The Morgan fingerprint density at radius 3 is 2.29 bits per heavy atom. The highest BCUT2D eigenvalue weighted by Gasteiger charge is 2.16. The number of nitrogens with zero attached hydrogens (tertiary/aromatic N) is 4. The monoisotopic (exact) mass is 514 g/mol. The van der Waals surface area contributed by atoms with E-state index in [-0.39, 0.29) is 5.78 Å². The van der Waals surface area contributed by atoms with Crippen LogP contribution in [0, 0.1) is 0 Å². The highest BCUT2D eigenvalue weighted by Crippen LogP contribution is 2.38. The van der Waals surface area contributed by atoms with Crippen LogP contribution in [0.25, 0.3) is 0 Å². The van der Waals surface area contributed by atoms with Crippen LogP contribution in [-0.2, 0) is 0 Å². The summed E-state index contributed by atoms with van der Waals surface area (Å²) in [5, 5.41) is 6.65. The van der Waals surface area contributed by atoms with E-state index in [0.717, 1.165) is 30.2 Å². The fourth-order valence-corrected chi connectivity index (χ4v) is 3.80. The molecule has 0 aliphatic heterocycles. The minimum atomic E-state index is -0.0739. The Balaban J connectivity index is 1.93. The SMILES string of the molecule is C=CC(=C)Nc1cc(Nc2cc(C(=O)c3ccc(N(C)C)cc3)ccn2)c(OC)cc1N(C)CCN(C)C. The highest BCUT2D eigenvalue weighted by molar-refractivity contribution is 6.09. The summed E-state index contributed by atoms with van der Waals surface area (Å²) >= 11 is 0. The minimum Gasteiger partial charge on any atom is -0.494 e. The lowest BCUT2D eigenvalue weighted by Gasteiger charge is -2.26. The van der Waals surface area contributed by atoms with Gasteiger partial charge >= 0.3 is 0 Å². The molecule has 0 fully saturated rings. The summed E-state index contributed by atoms with van der Waals surface area (Å²) in [5.41, 5.74) is 5.36. The largest absolute Gasteiger partial charge is 0.494 e. The molecule has 3 rings (SSSR count). The summed E-state index contributed by atoms with van der Waals surface area (Å²) in [6, 6.07) is 14.9. The van der Waals surface area contributed by atoms with Crippen LogP contribution in [-0.4, -0.2) is 71.1 Å². The van der Waals surface area contributed by atoms with Crippen LogP contribution in [0.5, 0.6) is 5.75 Å². The molecular formula is C30H38N6O2. The Labute approximate surface area is 226 Å². The Morgan fingerprint density at radius 2 is 1.68 bits per heavy atom. The number of hydrogen-bond acceptors (Lipinski definition) is 8. The van der Waals surface area contributed by atoms with E-state index in [2.05, 4.69) is 38.6 Å². The standard InChI is InChI=1S/C30H38N6O2/c1-9-21(2)32-25-19-26(28(38-8)20-27(25)36(7)17-16-34(3)4)33-29-18-23(14-15-31-29)30(37)22-10-12-24(13-11-22)35(5)6/h9-15,18-20,32H,1-2,16-17H2,3-8H3,(H,31,33). The van der Waals surface area contributed by atoms with E-state index in [1.165, 1.54) is 0 Å². The van der Waals surface area contributed by atoms with Crippen molar-refractivity contribution in [2.45, 2.75) is 0 Å². The van der Waals surface area contributed by atoms with Gasteiger partial charge < -0.3 is 30.1 Å². The molecule has 0 saturated carbocycles. The molecule has 0 amide bonds. The maximum Gasteiger partial charge on any atom is 0.193 e. The van der Waals surface area contributed by atoms with E-state index in [1.54, 1.807) is 31.5 Å². The van der Waals surface area contributed by atoms with Crippen molar-refractivity contribution in [1.29, 1.82) is 0 Å². The van der Waals surface area contributed by atoms with E-state index < -0.39 is 0 Å². The number of rotatable bonds is 13. The normalized spacial score (nSPS) is 10.6. The van der Waals surface area contributed by atoms with Crippen molar-refractivity contribution in [1.82, 2.24) is 9.88 Å². The van der Waals surface area contributed by atoms with Crippen molar-refractivity contribution in [3.05, 3.63) is 90.8 Å². The number of allylic oxidation sites excluding steroid dienone is 1. The molecule has 0 atom stereocenters. The topological polar surface area (TPSA) is 73.0 Å². The van der Waals surface area contributed by atoms with E-state index in [1.807, 2.05) is 76.5 Å². The molecule has 0 radical (unpaired) electrons. The number of hydrogen-bond donors (Lipinski definition) is 2. The van der Waals surface area contributed by atoms with E-state index in [0.29, 0.717) is 34.1 Å². The van der Waals surface area contributed by atoms with Crippen molar-refractivity contribution >= 4 is 34.4 Å². The molecule has 2 aromatic carbocycles. The van der Waals surface area contributed by atoms with Crippen LogP contribution in [0.15, 0.2) is 79.7 Å². The first-order chi connectivity index (χ1) is 18.1. The summed E-state index contributed by atoms with van der Waals surface area (Å²) in [4.78, 5) is 23.9. The van der Waals surface area contributed by atoms with Crippen molar-refractivity contribution in [3.63, 3.8) is 0 Å². The molecule has 0 unspecified atom stereocenters. The van der Waals surface area contributed by atoms with Gasteiger partial charge in [-0.15, -0.1) is 0 Å². The Hall–Kier alpha value is -4.30. The molecule has 2 N–H and O–H groups in total. The van der Waals surface area contributed by atoms with E-state index in [9.17, 15) is 4.79 Å². The summed E-state index contributed by atoms with van der Waals surface area (Å²) in [5.74, 6) is 1.10. The number of ketones is 1. The zero-order chi connectivity index (χ0) is 27.8. The molecule has 0 bridgehead atoms. The first kappa shape index (κ1) is 28.3. The number of carbonyl (C=O) groups excluding carboxylic acids is 1. The molecule has 0 aliphatic carbocycles. The summed E-state index contributed by atoms with van der Waals surface area (Å²) in [6.45, 7) is 9.54. The van der Waals surface area contributed by atoms with E-state index >= 15 is 0 Å². The van der Waals surface area contributed by atoms with Gasteiger partial charge in [-0.2, -0.15) is 0 Å². The average molecular weight is 515 g/mol. The number of pyridine rings is 1. The number of benzene rings is 2. The number of likely N-dealkylation sites (N-methyl/N-ethyl adjacent to an activating group) is 2. The molecule has 0 spiro atoms. The molecule has 8 nitrogen and oxygen atoms in total. The number of methoxy groups -OCH3 is 1. The third-order valence-corrected chi connectivity index (χ3v) is 6.08. The quantitative estimate of drug-likeness (QED) is 0.237. The van der Waals surface area contributed by atoms with E-state index in [4.69, 9.17) is 4.74 Å². The fraction of sp³-hybridized carbons (Fsp3) is 0.267. The zero-order valence-electron chi connectivity index (χ0n) is 23.2. The van der Waals surface area contributed by atoms with Gasteiger partial charge in [-0.1, -0.05) is 13.2 Å². The van der Waals surface area contributed by atoms with Crippen molar-refractivity contribution in [2.24, 2.45) is 0 Å². The van der Waals surface area contributed by atoms with Gasteiger partial charge in [0.05, 0.1) is 24.2 Å². The van der Waals surface area contributed by atoms with Crippen LogP contribution >= 0.6 is 0 Å². The van der Waals surface area contributed by atoms with Gasteiger partial charge in [0, 0.05) is 69.0 Å². The van der Waals surface area contributed by atoms with Gasteiger partial charge in [-0.25, -0.2) is 4.98 Å². The molecule has 1 aromatic heterocycles. The number of carbonyl (C=O) groups is 1. The van der Waals surface area contributed by atoms with Gasteiger partial charge in [-0.05, 0) is 62.6 Å². The van der Waals surface area contributed by atoms with Crippen LogP contribution in [0.1, 0.15) is 15.9 Å². The maximum absolute atomic E-state index is 13.2. The molecule has 1 heterocycles. The van der Waals surface area contributed by atoms with Crippen molar-refractivity contribution in [2.75, 3.05) is 75.9 Å². The van der Waals surface area contributed by atoms with Gasteiger partial charge in [0.2, 0.25) is 0 Å². The van der Waals surface area contributed by atoms with Gasteiger partial charge in [-0.3, -0.25) is 4.79 Å². The van der Waals surface area contributed by atoms with Crippen LogP contribution < -0.4 is 25.2 Å². The second kappa shape index (κ2) is 12.8. The number of anilines is 5. The third-order valence-electron chi connectivity index (χ3n) is 6.08. The molecule has 38 heavy (non-hydrogen) atoms. The predicted molar refractivity (Wildman–Crippen MR) is 159 cm³/mol. The maximum atomic E-state index is 13.2. The molecule has 0 saturated heterocycles. The first-order valence-corrected chi connectivity index (χ1v) is 12.3. The molecule has 200 valence electrons. The second-order valence-electron chi connectivity index (χ2n) is 9.47. The molecular weight excluding hydrogens is 476 g/mol. The Kier molecular flexibility index (Phi) is 9.51. The first-order valence-electron chi connectivity index (χ1n) is 12.3. The number of nitrogens with one attached hydrogen (secondary N) is 2. The van der Waals surface area contributed by atoms with Crippen molar-refractivity contribution in [3.8, 4) is 5.75 Å². The minimum absolute atomic E-state index is 0.0739. The fourth-order valence-electron chi connectivity index (χ4n) is 3.80. The van der Waals surface area contributed by atoms with Crippen molar-refractivity contribution < 1.29 is 9.53 Å². The predicted octanol–water partition coefficient (Wildman–Crippen LogP) is 5.24. The second-order valence-corrected chi connectivity index (χ2v) is 9.47. The molecule has 3 aromatic rings. The van der Waals surface area contributed by atoms with Gasteiger partial charge in [0.15, 0.2) is 5.78 Å². The highest BCUT2D eigenvalue weighted by atomic mass is 16.5. The summed E-state index contributed by atoms with van der Waals surface area (Å²) in [6.07, 6.45) is 3.29. The zero-order valence-corrected chi connectivity index (χ0v) is 23.2. The lowest BCUT2D eigenvalue weighted by atomic mass is 10.0. The lowest BCUT2D eigenvalue weighted by Crippen LogP contribution is -2.29. The van der Waals surface area contributed by atoms with Crippen LogP contribution in [0.4, 0.5) is 28.6 Å². The number of aromatic nitrogens is 1. The summed E-state index contributed by atoms with van der Waals surface area (Å²) < 4.78 is 5.73. The summed E-state index contributed by atoms with van der Waals surface area (Å²) in [7, 11) is 11.7. The van der Waals surface area contributed by atoms with Gasteiger partial charge in [0.25, 0.3) is 0 Å². The Morgan fingerprint density at radius 1 is 0.974 bits per heavy atom. The van der Waals surface area contributed by atoms with Gasteiger partial charge in [0.1, 0.15) is 11.6 Å². The molecule has 0 aliphatic rings. The molecule has 8 heteroatoms. The lowest BCUT2D eigenvalue weighted by molar-refractivity contribution is 0.103. The Bertz CT molecular complexity index is 1280. The van der Waals surface area contributed by atoms with Crippen LogP contribution in [0.3, 0.4) is 0 Å². The number of ether oxygens (including phenoxy) is 1. The average Bonchev–Trinajstić information content (AvgIpc) is 2.91. The third kappa shape index (κ3) is 7.14. The van der Waals surface area contributed by atoms with Crippen LogP contribution in [0.2, 0.25) is 0 Å².